The van der Waals surface area contributed by atoms with Gasteiger partial charge in [0.1, 0.15) is 0 Å². The number of hydrogen-bond donors (Lipinski definition) is 2. The fourth-order valence-corrected chi connectivity index (χ4v) is 2.71. The molecule has 1 unspecified atom stereocenters. The smallest absolute Gasteiger partial charge is 0.282 e. The summed E-state index contributed by atoms with van der Waals surface area (Å²) in [5.41, 5.74) is 0.874. The highest BCUT2D eigenvalue weighted by Crippen LogP contribution is 2.23. The second kappa shape index (κ2) is 6.67. The van der Waals surface area contributed by atoms with Gasteiger partial charge in [0, 0.05) is 11.6 Å². The van der Waals surface area contributed by atoms with E-state index in [0.717, 1.165) is 12.1 Å². The topological polar surface area (TPSA) is 66.9 Å². The van der Waals surface area contributed by atoms with Gasteiger partial charge in [-0.1, -0.05) is 41.1 Å². The van der Waals surface area contributed by atoms with Gasteiger partial charge < -0.3 is 10.6 Å². The zero-order valence-corrected chi connectivity index (χ0v) is 12.8. The lowest BCUT2D eigenvalue weighted by atomic mass is 10.1. The van der Waals surface area contributed by atoms with Crippen molar-refractivity contribution in [2.45, 2.75) is 19.9 Å². The Kier molecular flexibility index (Phi) is 4.92. The molecule has 0 aliphatic carbocycles. The number of carbonyl (C=O) groups is 1. The fourth-order valence-electron chi connectivity index (χ4n) is 1.70. The maximum absolute atomic E-state index is 12.1. The van der Waals surface area contributed by atoms with Gasteiger partial charge in [0.2, 0.25) is 10.1 Å². The van der Waals surface area contributed by atoms with E-state index in [9.17, 15) is 4.79 Å². The van der Waals surface area contributed by atoms with Crippen molar-refractivity contribution in [3.8, 4) is 0 Å². The molecular weight excluding hydrogens is 296 g/mol. The molecule has 1 aromatic carbocycles. The van der Waals surface area contributed by atoms with Crippen LogP contribution in [-0.2, 0) is 0 Å². The summed E-state index contributed by atoms with van der Waals surface area (Å²) in [6.07, 6.45) is 0. The Morgan fingerprint density at radius 3 is 2.85 bits per heavy atom. The van der Waals surface area contributed by atoms with Gasteiger partial charge in [-0.3, -0.25) is 4.79 Å². The van der Waals surface area contributed by atoms with Gasteiger partial charge in [0.25, 0.3) is 5.91 Å². The lowest BCUT2D eigenvalue weighted by Crippen LogP contribution is -2.26. The van der Waals surface area contributed by atoms with Crippen LogP contribution in [0.4, 0.5) is 5.13 Å². The first-order valence-corrected chi connectivity index (χ1v) is 7.44. The molecule has 0 aliphatic heterocycles. The van der Waals surface area contributed by atoms with Crippen LogP contribution in [0.1, 0.15) is 35.3 Å². The standard InChI is InChI=1S/C13H15ClN4OS/c1-3-15-13-18-17-12(20-13)11(19)16-8(2)9-6-4-5-7-10(9)14/h4-8H,3H2,1-2H3,(H,15,18)(H,16,19). The molecule has 0 bridgehead atoms. The predicted octanol–water partition coefficient (Wildman–Crippen LogP) is 3.11. The van der Waals surface area contributed by atoms with Crippen LogP contribution in [-0.4, -0.2) is 22.6 Å². The third-order valence-electron chi connectivity index (χ3n) is 2.67. The van der Waals surface area contributed by atoms with E-state index in [4.69, 9.17) is 11.6 Å². The quantitative estimate of drug-likeness (QED) is 0.890. The Balaban J connectivity index is 2.05. The Morgan fingerprint density at radius 2 is 2.15 bits per heavy atom. The molecule has 20 heavy (non-hydrogen) atoms. The normalized spacial score (nSPS) is 11.9. The molecule has 0 fully saturated rings. The van der Waals surface area contributed by atoms with E-state index in [-0.39, 0.29) is 11.9 Å². The minimum Gasteiger partial charge on any atom is -0.360 e. The van der Waals surface area contributed by atoms with Crippen molar-refractivity contribution >= 4 is 34.0 Å². The molecule has 0 spiro atoms. The van der Waals surface area contributed by atoms with Gasteiger partial charge in [-0.25, -0.2) is 0 Å². The summed E-state index contributed by atoms with van der Waals surface area (Å²) in [6, 6.07) is 7.24. The molecule has 1 heterocycles. The largest absolute Gasteiger partial charge is 0.360 e. The van der Waals surface area contributed by atoms with E-state index in [1.54, 1.807) is 6.07 Å². The number of rotatable bonds is 5. The van der Waals surface area contributed by atoms with Gasteiger partial charge >= 0.3 is 0 Å². The maximum atomic E-state index is 12.1. The summed E-state index contributed by atoms with van der Waals surface area (Å²) in [5, 5.41) is 15.3. The van der Waals surface area contributed by atoms with E-state index in [1.165, 1.54) is 11.3 Å². The highest BCUT2D eigenvalue weighted by molar-refractivity contribution is 7.17. The molecular formula is C13H15ClN4OS. The average molecular weight is 311 g/mol. The number of nitrogens with zero attached hydrogens (tertiary/aromatic N) is 2. The zero-order chi connectivity index (χ0) is 14.5. The Labute approximate surface area is 126 Å². The van der Waals surface area contributed by atoms with Crippen LogP contribution < -0.4 is 10.6 Å². The number of carbonyl (C=O) groups excluding carboxylic acids is 1. The van der Waals surface area contributed by atoms with Gasteiger partial charge in [0.15, 0.2) is 0 Å². The second-order valence-electron chi connectivity index (χ2n) is 4.16. The van der Waals surface area contributed by atoms with Crippen molar-refractivity contribution in [1.29, 1.82) is 0 Å². The van der Waals surface area contributed by atoms with Crippen LogP contribution >= 0.6 is 22.9 Å². The first-order chi connectivity index (χ1) is 9.61. The summed E-state index contributed by atoms with van der Waals surface area (Å²) < 4.78 is 0. The first kappa shape index (κ1) is 14.7. The molecule has 0 saturated heterocycles. The first-order valence-electron chi connectivity index (χ1n) is 6.24. The third-order valence-corrected chi connectivity index (χ3v) is 3.89. The molecule has 1 aromatic heterocycles. The third kappa shape index (κ3) is 3.46. The number of anilines is 1. The monoisotopic (exact) mass is 310 g/mol. The number of aromatic nitrogens is 2. The van der Waals surface area contributed by atoms with Crippen LogP contribution in [0.5, 0.6) is 0 Å². The van der Waals surface area contributed by atoms with Crippen molar-refractivity contribution in [3.05, 3.63) is 39.9 Å². The molecule has 0 radical (unpaired) electrons. The van der Waals surface area contributed by atoms with E-state index in [0.29, 0.717) is 15.2 Å². The molecule has 0 aliphatic rings. The van der Waals surface area contributed by atoms with Crippen LogP contribution in [0.3, 0.4) is 0 Å². The average Bonchev–Trinajstić information content (AvgIpc) is 2.88. The van der Waals surface area contributed by atoms with Crippen LogP contribution in [0.25, 0.3) is 0 Å². The molecule has 5 nitrogen and oxygen atoms in total. The molecule has 1 amide bonds. The Morgan fingerprint density at radius 1 is 1.40 bits per heavy atom. The molecule has 2 N–H and O–H groups in total. The lowest BCUT2D eigenvalue weighted by molar-refractivity contribution is 0.0939. The molecule has 1 atom stereocenters. The second-order valence-corrected chi connectivity index (χ2v) is 5.54. The van der Waals surface area contributed by atoms with E-state index in [1.807, 2.05) is 32.0 Å². The van der Waals surface area contributed by atoms with Crippen molar-refractivity contribution in [2.75, 3.05) is 11.9 Å². The van der Waals surface area contributed by atoms with E-state index in [2.05, 4.69) is 20.8 Å². The van der Waals surface area contributed by atoms with Crippen molar-refractivity contribution < 1.29 is 4.79 Å². The summed E-state index contributed by atoms with van der Waals surface area (Å²) in [5.74, 6) is -0.251. The summed E-state index contributed by atoms with van der Waals surface area (Å²) in [7, 11) is 0. The van der Waals surface area contributed by atoms with Crippen molar-refractivity contribution in [1.82, 2.24) is 15.5 Å². The SMILES string of the molecule is CCNc1nnc(C(=O)NC(C)c2ccccc2Cl)s1. The number of amides is 1. The van der Waals surface area contributed by atoms with Gasteiger partial charge in [-0.05, 0) is 25.5 Å². The number of nitrogens with one attached hydrogen (secondary N) is 2. The van der Waals surface area contributed by atoms with Crippen molar-refractivity contribution in [3.63, 3.8) is 0 Å². The minimum absolute atomic E-state index is 0.192. The zero-order valence-electron chi connectivity index (χ0n) is 11.2. The van der Waals surface area contributed by atoms with Gasteiger partial charge in [-0.2, -0.15) is 0 Å². The van der Waals surface area contributed by atoms with E-state index < -0.39 is 0 Å². The van der Waals surface area contributed by atoms with E-state index >= 15 is 0 Å². The summed E-state index contributed by atoms with van der Waals surface area (Å²) in [4.78, 5) is 12.1. The lowest BCUT2D eigenvalue weighted by Gasteiger charge is -2.14. The number of benzene rings is 1. The maximum Gasteiger partial charge on any atom is 0.282 e. The molecule has 0 saturated carbocycles. The highest BCUT2D eigenvalue weighted by atomic mass is 35.5. The van der Waals surface area contributed by atoms with Crippen molar-refractivity contribution in [2.24, 2.45) is 0 Å². The fraction of sp³-hybridized carbons (Fsp3) is 0.308. The van der Waals surface area contributed by atoms with Crippen LogP contribution in [0.2, 0.25) is 5.02 Å². The predicted molar refractivity (Wildman–Crippen MR) is 81.4 cm³/mol. The summed E-state index contributed by atoms with van der Waals surface area (Å²) in [6.45, 7) is 4.58. The summed E-state index contributed by atoms with van der Waals surface area (Å²) >= 11 is 7.34. The molecule has 2 aromatic rings. The molecule has 106 valence electrons. The van der Waals surface area contributed by atoms with Crippen LogP contribution in [0.15, 0.2) is 24.3 Å². The number of halogens is 1. The highest BCUT2D eigenvalue weighted by Gasteiger charge is 2.17. The van der Waals surface area contributed by atoms with Gasteiger partial charge in [-0.15, -0.1) is 10.2 Å². The number of hydrogen-bond acceptors (Lipinski definition) is 5. The molecule has 7 heteroatoms. The molecule has 2 rings (SSSR count). The Bertz CT molecular complexity index is 602. The van der Waals surface area contributed by atoms with Crippen LogP contribution in [0, 0.1) is 0 Å². The Hall–Kier alpha value is -1.66. The van der Waals surface area contributed by atoms with Gasteiger partial charge in [0.05, 0.1) is 6.04 Å². The minimum atomic E-state index is -0.251.